The number of anilines is 2. The number of rotatable bonds is 4. The van der Waals surface area contributed by atoms with Crippen LogP contribution in [0, 0.1) is 23.6 Å². The average molecular weight is 670 g/mol. The van der Waals surface area contributed by atoms with E-state index in [2.05, 4.69) is 0 Å². The van der Waals surface area contributed by atoms with Gasteiger partial charge in [0.15, 0.2) is 9.75 Å². The number of aromatic hydroxyl groups is 1. The molecule has 0 aromatic heterocycles. The van der Waals surface area contributed by atoms with E-state index >= 15 is 0 Å². The summed E-state index contributed by atoms with van der Waals surface area (Å²) in [4.78, 5) is 54.2. The maximum absolute atomic E-state index is 14.4. The van der Waals surface area contributed by atoms with E-state index in [4.69, 9.17) is 39.5 Å². The van der Waals surface area contributed by atoms with Crippen molar-refractivity contribution in [2.75, 3.05) is 16.9 Å². The van der Waals surface area contributed by atoms with Crippen LogP contribution in [0.25, 0.3) is 0 Å². The SMILES string of the molecule is COc1ccc(O)c([C@H]2C3=CC[C@@H]4C(=O)N(c5ccc(Cl)cc5)C(=O)[C@@H]4[C@@H]3C[C@@]3(Cl)C(=O)N(c4ccc(F)cc4)C(=O)[C@@]23Cl)c1. The summed E-state index contributed by atoms with van der Waals surface area (Å²) in [5.41, 5.74) is 1.08. The summed E-state index contributed by atoms with van der Waals surface area (Å²) < 4.78 is 19.2. The highest BCUT2D eigenvalue weighted by Gasteiger charge is 2.77. The normalized spacial score (nSPS) is 30.6. The number of nitrogens with zero attached hydrogens (tertiary/aromatic N) is 2. The van der Waals surface area contributed by atoms with Gasteiger partial charge in [0.1, 0.15) is 17.3 Å². The zero-order valence-electron chi connectivity index (χ0n) is 23.5. The van der Waals surface area contributed by atoms with Crippen molar-refractivity contribution in [1.29, 1.82) is 0 Å². The molecule has 0 bridgehead atoms. The van der Waals surface area contributed by atoms with Crippen LogP contribution in [0.3, 0.4) is 0 Å². The number of carbonyl (C=O) groups is 4. The molecule has 3 aromatic carbocycles. The molecule has 4 aliphatic rings. The highest BCUT2D eigenvalue weighted by Crippen LogP contribution is 2.66. The molecule has 1 saturated carbocycles. The molecule has 2 heterocycles. The van der Waals surface area contributed by atoms with Crippen molar-refractivity contribution < 1.29 is 33.4 Å². The van der Waals surface area contributed by atoms with Gasteiger partial charge in [-0.1, -0.05) is 23.3 Å². The number of carbonyl (C=O) groups excluding carboxylic acids is 4. The minimum atomic E-state index is -2.18. The lowest BCUT2D eigenvalue weighted by Gasteiger charge is -2.50. The van der Waals surface area contributed by atoms with E-state index in [0.717, 1.165) is 21.9 Å². The Morgan fingerprint density at radius 2 is 1.51 bits per heavy atom. The first-order valence-electron chi connectivity index (χ1n) is 14.1. The van der Waals surface area contributed by atoms with Crippen LogP contribution in [0.4, 0.5) is 15.8 Å². The third kappa shape index (κ3) is 4.03. The number of benzene rings is 3. The summed E-state index contributed by atoms with van der Waals surface area (Å²) in [6.07, 6.45) is 1.67. The molecular formula is C33H24Cl3FN2O6. The Morgan fingerprint density at radius 3 is 2.18 bits per heavy atom. The summed E-state index contributed by atoms with van der Waals surface area (Å²) >= 11 is 20.7. The Hall–Kier alpha value is -3.92. The van der Waals surface area contributed by atoms with Gasteiger partial charge in [-0.25, -0.2) is 9.29 Å². The van der Waals surface area contributed by atoms with E-state index in [-0.39, 0.29) is 29.8 Å². The quantitative estimate of drug-likeness (QED) is 0.209. The molecule has 0 radical (unpaired) electrons. The second-order valence-electron chi connectivity index (χ2n) is 11.7. The van der Waals surface area contributed by atoms with Crippen LogP contribution in [0.5, 0.6) is 11.5 Å². The highest BCUT2D eigenvalue weighted by molar-refractivity contribution is 6.58. The Morgan fingerprint density at radius 1 is 0.867 bits per heavy atom. The van der Waals surface area contributed by atoms with E-state index in [1.54, 1.807) is 30.3 Å². The van der Waals surface area contributed by atoms with Gasteiger partial charge in [-0.2, -0.15) is 0 Å². The van der Waals surface area contributed by atoms with E-state index in [9.17, 15) is 28.7 Å². The molecule has 12 heteroatoms. The maximum atomic E-state index is 14.4. The van der Waals surface area contributed by atoms with Gasteiger partial charge in [0.05, 0.1) is 30.3 Å². The smallest absolute Gasteiger partial charge is 0.258 e. The monoisotopic (exact) mass is 668 g/mol. The van der Waals surface area contributed by atoms with Crippen molar-refractivity contribution in [3.8, 4) is 11.5 Å². The van der Waals surface area contributed by atoms with Crippen molar-refractivity contribution >= 4 is 69.8 Å². The number of phenolic OH excluding ortho intramolecular Hbond substituents is 1. The predicted molar refractivity (Wildman–Crippen MR) is 165 cm³/mol. The number of halogens is 4. The Balaban J connectivity index is 1.41. The Labute approximate surface area is 271 Å². The molecule has 2 saturated heterocycles. The third-order valence-electron chi connectivity index (χ3n) is 9.53. The maximum Gasteiger partial charge on any atom is 0.258 e. The lowest BCUT2D eigenvalue weighted by atomic mass is 9.56. The van der Waals surface area contributed by atoms with Crippen molar-refractivity contribution in [2.24, 2.45) is 17.8 Å². The number of methoxy groups -OCH3 is 1. The molecule has 2 aliphatic carbocycles. The number of amides is 4. The first-order valence-corrected chi connectivity index (χ1v) is 15.3. The number of imide groups is 2. The molecule has 2 aliphatic heterocycles. The van der Waals surface area contributed by atoms with Crippen LogP contribution >= 0.6 is 34.8 Å². The molecule has 230 valence electrons. The van der Waals surface area contributed by atoms with E-state index in [1.165, 1.54) is 37.4 Å². The minimum absolute atomic E-state index is 0.0605. The summed E-state index contributed by atoms with van der Waals surface area (Å²) in [5, 5.41) is 11.6. The molecule has 3 fully saturated rings. The topological polar surface area (TPSA) is 104 Å². The number of ether oxygens (including phenoxy) is 1. The first-order chi connectivity index (χ1) is 21.4. The van der Waals surface area contributed by atoms with Crippen LogP contribution in [-0.2, 0) is 19.2 Å². The number of hydrogen-bond donors (Lipinski definition) is 1. The molecule has 45 heavy (non-hydrogen) atoms. The zero-order valence-corrected chi connectivity index (χ0v) is 25.8. The number of phenols is 1. The van der Waals surface area contributed by atoms with E-state index < -0.39 is 62.9 Å². The standard InChI is InChI=1S/C33H24Cl3FN2O6/c1-45-20-10-13-25(40)23(14-20)27-21-11-12-22-26(29(42)38(28(22)41)18-6-2-16(34)3-7-18)24(21)15-32(35)30(43)39(31(44)33(27,32)36)19-8-4-17(37)5-9-19/h2-11,13-14,22,24,26-27,40H,12,15H2,1H3/t22-,24+,26-,27+,32+,33-/m0/s1. The number of alkyl halides is 2. The fourth-order valence-corrected chi connectivity index (χ4v) is 8.53. The van der Waals surface area contributed by atoms with Crippen LogP contribution < -0.4 is 14.5 Å². The van der Waals surface area contributed by atoms with E-state index in [0.29, 0.717) is 22.0 Å². The largest absolute Gasteiger partial charge is 0.508 e. The first kappa shape index (κ1) is 29.8. The lowest BCUT2D eigenvalue weighted by Crippen LogP contribution is -2.60. The zero-order chi connectivity index (χ0) is 32.0. The summed E-state index contributed by atoms with van der Waals surface area (Å²) in [7, 11) is 1.43. The summed E-state index contributed by atoms with van der Waals surface area (Å²) in [6, 6.07) is 15.5. The van der Waals surface area contributed by atoms with Crippen molar-refractivity contribution in [3.63, 3.8) is 0 Å². The van der Waals surface area contributed by atoms with Crippen LogP contribution in [0.15, 0.2) is 78.4 Å². The fraction of sp³-hybridized carbons (Fsp3) is 0.273. The Bertz CT molecular complexity index is 1830. The Kier molecular flexibility index (Phi) is 6.82. The molecule has 1 N–H and O–H groups in total. The van der Waals surface area contributed by atoms with Gasteiger partial charge in [0.2, 0.25) is 11.8 Å². The molecule has 4 amide bonds. The van der Waals surface area contributed by atoms with Gasteiger partial charge in [-0.3, -0.25) is 24.1 Å². The molecular weight excluding hydrogens is 646 g/mol. The van der Waals surface area contributed by atoms with Crippen LogP contribution in [0.2, 0.25) is 5.02 Å². The molecule has 0 unspecified atom stereocenters. The average Bonchev–Trinajstić information content (AvgIpc) is 3.36. The van der Waals surface area contributed by atoms with Gasteiger partial charge in [0.25, 0.3) is 11.8 Å². The van der Waals surface area contributed by atoms with Crippen molar-refractivity contribution in [3.05, 3.63) is 94.8 Å². The predicted octanol–water partition coefficient (Wildman–Crippen LogP) is 5.96. The van der Waals surface area contributed by atoms with Crippen LogP contribution in [0.1, 0.15) is 24.3 Å². The molecule has 3 aromatic rings. The molecule has 6 atom stereocenters. The summed E-state index contributed by atoms with van der Waals surface area (Å²) in [5.74, 6) is -6.77. The second-order valence-corrected chi connectivity index (χ2v) is 13.3. The third-order valence-corrected chi connectivity index (χ3v) is 11.2. The highest BCUT2D eigenvalue weighted by atomic mass is 35.5. The fourth-order valence-electron chi connectivity index (χ4n) is 7.48. The number of hydrogen-bond acceptors (Lipinski definition) is 6. The number of allylic oxidation sites excluding steroid dienone is 2. The number of fused-ring (bicyclic) bond motifs is 4. The minimum Gasteiger partial charge on any atom is -0.508 e. The van der Waals surface area contributed by atoms with E-state index in [1.807, 2.05) is 0 Å². The second kappa shape index (κ2) is 10.3. The van der Waals surface area contributed by atoms with Gasteiger partial charge < -0.3 is 9.84 Å². The van der Waals surface area contributed by atoms with Crippen molar-refractivity contribution in [2.45, 2.75) is 28.5 Å². The van der Waals surface area contributed by atoms with Gasteiger partial charge in [-0.05, 0) is 85.5 Å². The van der Waals surface area contributed by atoms with Crippen LogP contribution in [-0.4, -0.2) is 45.6 Å². The molecule has 8 nitrogen and oxygen atoms in total. The lowest BCUT2D eigenvalue weighted by molar-refractivity contribution is -0.125. The van der Waals surface area contributed by atoms with Crippen molar-refractivity contribution in [1.82, 2.24) is 0 Å². The summed E-state index contributed by atoms with van der Waals surface area (Å²) in [6.45, 7) is 0. The molecule has 7 rings (SSSR count). The molecule has 0 spiro atoms. The van der Waals surface area contributed by atoms with Gasteiger partial charge in [0, 0.05) is 16.5 Å². The van der Waals surface area contributed by atoms with Gasteiger partial charge in [-0.15, -0.1) is 23.2 Å². The van der Waals surface area contributed by atoms with Gasteiger partial charge >= 0.3 is 0 Å².